The Hall–Kier alpha value is -1.19. The van der Waals surface area contributed by atoms with Crippen LogP contribution < -0.4 is 11.1 Å². The lowest BCUT2D eigenvalue weighted by Gasteiger charge is -2.05. The zero-order chi connectivity index (χ0) is 10.3. The molecule has 1 aliphatic carbocycles. The molecule has 0 bridgehead atoms. The first-order valence-corrected chi connectivity index (χ1v) is 5.18. The van der Waals surface area contributed by atoms with E-state index < -0.39 is 0 Å². The Balaban J connectivity index is 2.28. The van der Waals surface area contributed by atoms with Crippen LogP contribution in [0.2, 0.25) is 0 Å². The fourth-order valence-corrected chi connectivity index (χ4v) is 1.58. The molecule has 0 aliphatic heterocycles. The number of aryl methyl sites for hydroxylation is 1. The summed E-state index contributed by atoms with van der Waals surface area (Å²) in [6.45, 7) is 4.22. The van der Waals surface area contributed by atoms with Crippen LogP contribution in [0.3, 0.4) is 0 Å². The standard InChI is InChI=1S/C10H18N4/c1-6(2)9-8(11)10(14(3)13-9)12-7-4-5-7/h6-7,12H,4-5,11H2,1-3H3. The van der Waals surface area contributed by atoms with Crippen LogP contribution in [0.15, 0.2) is 0 Å². The highest BCUT2D eigenvalue weighted by molar-refractivity contribution is 5.66. The van der Waals surface area contributed by atoms with Gasteiger partial charge in [0.1, 0.15) is 5.82 Å². The summed E-state index contributed by atoms with van der Waals surface area (Å²) in [4.78, 5) is 0. The molecule has 1 aliphatic rings. The minimum atomic E-state index is 0.385. The van der Waals surface area contributed by atoms with Gasteiger partial charge in [-0.1, -0.05) is 13.8 Å². The van der Waals surface area contributed by atoms with Crippen molar-refractivity contribution in [2.24, 2.45) is 7.05 Å². The fourth-order valence-electron chi connectivity index (χ4n) is 1.58. The first-order valence-electron chi connectivity index (χ1n) is 5.18. The van der Waals surface area contributed by atoms with E-state index in [1.54, 1.807) is 0 Å². The van der Waals surface area contributed by atoms with Crippen LogP contribution in [0.25, 0.3) is 0 Å². The van der Waals surface area contributed by atoms with Gasteiger partial charge < -0.3 is 11.1 Å². The number of nitrogens with zero attached hydrogens (tertiary/aromatic N) is 2. The van der Waals surface area contributed by atoms with Gasteiger partial charge in [0.2, 0.25) is 0 Å². The van der Waals surface area contributed by atoms with Gasteiger partial charge in [0, 0.05) is 13.1 Å². The Bertz CT molecular complexity index is 336. The third-order valence-electron chi connectivity index (χ3n) is 2.58. The van der Waals surface area contributed by atoms with Gasteiger partial charge in [-0.05, 0) is 18.8 Å². The van der Waals surface area contributed by atoms with E-state index in [1.165, 1.54) is 12.8 Å². The highest BCUT2D eigenvalue weighted by Crippen LogP contribution is 2.32. The van der Waals surface area contributed by atoms with Crippen molar-refractivity contribution < 1.29 is 0 Å². The van der Waals surface area contributed by atoms with E-state index in [0.29, 0.717) is 12.0 Å². The van der Waals surface area contributed by atoms with E-state index in [2.05, 4.69) is 24.3 Å². The Morgan fingerprint density at radius 1 is 1.50 bits per heavy atom. The summed E-state index contributed by atoms with van der Waals surface area (Å²) in [7, 11) is 1.94. The topological polar surface area (TPSA) is 55.9 Å². The molecule has 1 heterocycles. The molecule has 1 aromatic heterocycles. The van der Waals surface area contributed by atoms with Gasteiger partial charge in [-0.3, -0.25) is 4.68 Å². The number of rotatable bonds is 3. The molecule has 3 N–H and O–H groups in total. The maximum atomic E-state index is 6.04. The normalized spacial score (nSPS) is 16.3. The van der Waals surface area contributed by atoms with E-state index in [1.807, 2.05) is 11.7 Å². The molecule has 1 saturated carbocycles. The monoisotopic (exact) mass is 194 g/mol. The van der Waals surface area contributed by atoms with Crippen molar-refractivity contribution in [2.75, 3.05) is 11.1 Å². The second-order valence-electron chi connectivity index (χ2n) is 4.34. The molecule has 0 radical (unpaired) electrons. The highest BCUT2D eigenvalue weighted by Gasteiger charge is 2.25. The van der Waals surface area contributed by atoms with E-state index in [4.69, 9.17) is 5.73 Å². The molecule has 0 amide bonds. The summed E-state index contributed by atoms with van der Waals surface area (Å²) in [6.07, 6.45) is 2.50. The largest absolute Gasteiger partial charge is 0.394 e. The van der Waals surface area contributed by atoms with E-state index >= 15 is 0 Å². The van der Waals surface area contributed by atoms with Gasteiger partial charge in [-0.25, -0.2) is 0 Å². The average molecular weight is 194 g/mol. The molecule has 2 rings (SSSR count). The molecular weight excluding hydrogens is 176 g/mol. The first kappa shape index (κ1) is 9.37. The maximum absolute atomic E-state index is 6.04. The molecule has 0 unspecified atom stereocenters. The first-order chi connectivity index (χ1) is 6.59. The van der Waals surface area contributed by atoms with Crippen molar-refractivity contribution in [1.29, 1.82) is 0 Å². The Morgan fingerprint density at radius 3 is 2.57 bits per heavy atom. The Morgan fingerprint density at radius 2 is 2.14 bits per heavy atom. The predicted octanol–water partition coefficient (Wildman–Crippen LogP) is 1.70. The number of nitrogens with two attached hydrogens (primary N) is 1. The smallest absolute Gasteiger partial charge is 0.148 e. The average Bonchev–Trinajstić information content (AvgIpc) is 2.87. The number of hydrogen-bond acceptors (Lipinski definition) is 3. The fraction of sp³-hybridized carbons (Fsp3) is 0.700. The van der Waals surface area contributed by atoms with E-state index in [9.17, 15) is 0 Å². The SMILES string of the molecule is CC(C)c1nn(C)c(NC2CC2)c1N. The van der Waals surface area contributed by atoms with Crippen LogP contribution in [0.1, 0.15) is 38.3 Å². The molecule has 78 valence electrons. The maximum Gasteiger partial charge on any atom is 0.148 e. The minimum Gasteiger partial charge on any atom is -0.394 e. The summed E-state index contributed by atoms with van der Waals surface area (Å²) < 4.78 is 1.85. The van der Waals surface area contributed by atoms with E-state index in [-0.39, 0.29) is 0 Å². The third kappa shape index (κ3) is 1.56. The van der Waals surface area contributed by atoms with Gasteiger partial charge in [-0.2, -0.15) is 5.10 Å². The minimum absolute atomic E-state index is 0.385. The lowest BCUT2D eigenvalue weighted by molar-refractivity contribution is 0.715. The van der Waals surface area contributed by atoms with Crippen molar-refractivity contribution in [1.82, 2.24) is 9.78 Å². The van der Waals surface area contributed by atoms with Crippen LogP contribution in [0, 0.1) is 0 Å². The third-order valence-corrected chi connectivity index (χ3v) is 2.58. The zero-order valence-corrected chi connectivity index (χ0v) is 9.04. The molecule has 4 nitrogen and oxygen atoms in total. The van der Waals surface area contributed by atoms with Gasteiger partial charge >= 0.3 is 0 Å². The highest BCUT2D eigenvalue weighted by atomic mass is 15.3. The van der Waals surface area contributed by atoms with Crippen molar-refractivity contribution in [3.63, 3.8) is 0 Å². The molecule has 14 heavy (non-hydrogen) atoms. The van der Waals surface area contributed by atoms with Gasteiger partial charge in [0.25, 0.3) is 0 Å². The van der Waals surface area contributed by atoms with Gasteiger partial charge in [0.15, 0.2) is 0 Å². The molecule has 0 spiro atoms. The Kier molecular flexibility index (Phi) is 2.13. The molecule has 0 atom stereocenters. The molecule has 1 fully saturated rings. The predicted molar refractivity (Wildman–Crippen MR) is 58.4 cm³/mol. The quantitative estimate of drug-likeness (QED) is 0.770. The lowest BCUT2D eigenvalue weighted by Crippen LogP contribution is -2.07. The van der Waals surface area contributed by atoms with Crippen LogP contribution in [0.4, 0.5) is 11.5 Å². The summed E-state index contributed by atoms with van der Waals surface area (Å²) in [5, 5.41) is 7.82. The molecule has 1 aromatic rings. The molecule has 0 saturated heterocycles. The number of aromatic nitrogens is 2. The zero-order valence-electron chi connectivity index (χ0n) is 9.04. The number of anilines is 2. The van der Waals surface area contributed by atoms with Crippen LogP contribution in [-0.4, -0.2) is 15.8 Å². The number of hydrogen-bond donors (Lipinski definition) is 2. The molecule has 4 heteroatoms. The van der Waals surface area contributed by atoms with Crippen LogP contribution >= 0.6 is 0 Å². The number of nitrogen functional groups attached to an aromatic ring is 1. The van der Waals surface area contributed by atoms with Crippen LogP contribution in [-0.2, 0) is 7.05 Å². The van der Waals surface area contributed by atoms with Crippen molar-refractivity contribution in [3.05, 3.63) is 5.69 Å². The lowest BCUT2D eigenvalue weighted by atomic mass is 10.1. The van der Waals surface area contributed by atoms with Crippen LogP contribution in [0.5, 0.6) is 0 Å². The summed E-state index contributed by atoms with van der Waals surface area (Å²) in [5.41, 5.74) is 7.85. The van der Waals surface area contributed by atoms with Crippen molar-refractivity contribution in [3.8, 4) is 0 Å². The number of nitrogens with one attached hydrogen (secondary N) is 1. The van der Waals surface area contributed by atoms with E-state index in [0.717, 1.165) is 17.2 Å². The molecular formula is C10H18N4. The molecule has 0 aromatic carbocycles. The second-order valence-corrected chi connectivity index (χ2v) is 4.34. The Labute approximate surface area is 84.5 Å². The summed E-state index contributed by atoms with van der Waals surface area (Å²) in [6, 6.07) is 0.618. The second kappa shape index (κ2) is 3.19. The van der Waals surface area contributed by atoms with Gasteiger partial charge in [0.05, 0.1) is 11.4 Å². The van der Waals surface area contributed by atoms with Crippen molar-refractivity contribution >= 4 is 11.5 Å². The van der Waals surface area contributed by atoms with Gasteiger partial charge in [-0.15, -0.1) is 0 Å². The summed E-state index contributed by atoms with van der Waals surface area (Å²) in [5.74, 6) is 1.37. The van der Waals surface area contributed by atoms with Crippen molar-refractivity contribution in [2.45, 2.75) is 38.6 Å². The summed E-state index contributed by atoms with van der Waals surface area (Å²) >= 11 is 0.